The van der Waals surface area contributed by atoms with Gasteiger partial charge in [0, 0.05) is 26.2 Å². The Hall–Kier alpha value is -1.95. The van der Waals surface area contributed by atoms with Crippen molar-refractivity contribution >= 4 is 6.03 Å². The van der Waals surface area contributed by atoms with Gasteiger partial charge < -0.3 is 25.0 Å². The fourth-order valence-corrected chi connectivity index (χ4v) is 2.29. The molecule has 1 saturated heterocycles. The number of likely N-dealkylation sites (N-methyl/N-ethyl adjacent to an activating group) is 1. The maximum absolute atomic E-state index is 12.1. The number of amides is 2. The molecule has 2 rings (SSSR count). The standard InChI is InChI=1S/C15H23N3O3/c1-3-17-8-10-18(11-9-17)15(20)16-12(2)21-14-6-4-13(19)5-7-14/h4-7,12,19H,3,8-11H2,1-2H3,(H,16,20). The summed E-state index contributed by atoms with van der Waals surface area (Å²) in [7, 11) is 0. The lowest BCUT2D eigenvalue weighted by Gasteiger charge is -2.34. The molecule has 21 heavy (non-hydrogen) atoms. The average Bonchev–Trinajstić information content (AvgIpc) is 2.49. The van der Waals surface area contributed by atoms with E-state index in [0.717, 1.165) is 32.7 Å². The van der Waals surface area contributed by atoms with E-state index in [-0.39, 0.29) is 11.8 Å². The summed E-state index contributed by atoms with van der Waals surface area (Å²) in [5.74, 6) is 0.796. The second-order valence-corrected chi connectivity index (χ2v) is 5.12. The molecule has 0 aliphatic carbocycles. The molecule has 1 aliphatic rings. The molecule has 1 aliphatic heterocycles. The van der Waals surface area contributed by atoms with Crippen molar-refractivity contribution in [3.05, 3.63) is 24.3 Å². The van der Waals surface area contributed by atoms with Crippen molar-refractivity contribution in [1.82, 2.24) is 15.1 Å². The first-order valence-electron chi connectivity index (χ1n) is 7.32. The highest BCUT2D eigenvalue weighted by atomic mass is 16.5. The highest BCUT2D eigenvalue weighted by Crippen LogP contribution is 2.16. The molecule has 6 nitrogen and oxygen atoms in total. The Kier molecular flexibility index (Phi) is 5.27. The van der Waals surface area contributed by atoms with Gasteiger partial charge in [-0.25, -0.2) is 4.79 Å². The Bertz CT molecular complexity index is 456. The number of hydrogen-bond acceptors (Lipinski definition) is 4. The lowest BCUT2D eigenvalue weighted by Crippen LogP contribution is -2.53. The number of carbonyl (C=O) groups is 1. The molecule has 2 amide bonds. The lowest BCUT2D eigenvalue weighted by atomic mass is 10.3. The lowest BCUT2D eigenvalue weighted by molar-refractivity contribution is 0.123. The van der Waals surface area contributed by atoms with E-state index in [4.69, 9.17) is 4.74 Å². The maximum atomic E-state index is 12.1. The minimum atomic E-state index is -0.425. The molecule has 1 atom stereocenters. The second kappa shape index (κ2) is 7.17. The van der Waals surface area contributed by atoms with Gasteiger partial charge in [0.05, 0.1) is 0 Å². The molecule has 0 radical (unpaired) electrons. The van der Waals surface area contributed by atoms with Crippen LogP contribution in [0, 0.1) is 0 Å². The average molecular weight is 293 g/mol. The number of aromatic hydroxyl groups is 1. The fourth-order valence-electron chi connectivity index (χ4n) is 2.29. The molecule has 1 unspecified atom stereocenters. The van der Waals surface area contributed by atoms with E-state index in [1.54, 1.807) is 31.2 Å². The summed E-state index contributed by atoms with van der Waals surface area (Å²) in [5, 5.41) is 12.0. The van der Waals surface area contributed by atoms with E-state index in [1.165, 1.54) is 0 Å². The molecule has 1 fully saturated rings. The van der Waals surface area contributed by atoms with Crippen LogP contribution >= 0.6 is 0 Å². The molecule has 1 heterocycles. The van der Waals surface area contributed by atoms with Gasteiger partial charge in [0.2, 0.25) is 0 Å². The van der Waals surface area contributed by atoms with Crippen LogP contribution in [0.2, 0.25) is 0 Å². The predicted molar refractivity (Wildman–Crippen MR) is 80.4 cm³/mol. The Balaban J connectivity index is 1.78. The molecular formula is C15H23N3O3. The molecule has 0 aromatic heterocycles. The minimum absolute atomic E-state index is 0.1000. The van der Waals surface area contributed by atoms with Crippen LogP contribution in [-0.4, -0.2) is 59.9 Å². The van der Waals surface area contributed by atoms with Crippen molar-refractivity contribution < 1.29 is 14.6 Å². The monoisotopic (exact) mass is 293 g/mol. The normalized spacial score (nSPS) is 17.3. The zero-order valence-electron chi connectivity index (χ0n) is 12.6. The van der Waals surface area contributed by atoms with Crippen LogP contribution in [-0.2, 0) is 0 Å². The Morgan fingerprint density at radius 1 is 1.29 bits per heavy atom. The van der Waals surface area contributed by atoms with E-state index >= 15 is 0 Å². The van der Waals surface area contributed by atoms with Crippen molar-refractivity contribution in [3.63, 3.8) is 0 Å². The highest BCUT2D eigenvalue weighted by molar-refractivity contribution is 5.74. The van der Waals surface area contributed by atoms with Crippen molar-refractivity contribution in [1.29, 1.82) is 0 Å². The highest BCUT2D eigenvalue weighted by Gasteiger charge is 2.21. The molecule has 0 spiro atoms. The predicted octanol–water partition coefficient (Wildman–Crippen LogP) is 1.46. The number of phenols is 1. The van der Waals surface area contributed by atoms with Crippen LogP contribution in [0.1, 0.15) is 13.8 Å². The fraction of sp³-hybridized carbons (Fsp3) is 0.533. The molecule has 0 saturated carbocycles. The van der Waals surface area contributed by atoms with Crippen LogP contribution in [0.15, 0.2) is 24.3 Å². The number of urea groups is 1. The largest absolute Gasteiger partial charge is 0.508 e. The van der Waals surface area contributed by atoms with Crippen molar-refractivity contribution in [2.45, 2.75) is 20.1 Å². The molecule has 1 aromatic rings. The van der Waals surface area contributed by atoms with E-state index in [2.05, 4.69) is 17.1 Å². The van der Waals surface area contributed by atoms with Gasteiger partial charge in [-0.1, -0.05) is 6.92 Å². The van der Waals surface area contributed by atoms with Gasteiger partial charge in [-0.2, -0.15) is 0 Å². The third-order valence-corrected chi connectivity index (χ3v) is 3.58. The van der Waals surface area contributed by atoms with Crippen molar-refractivity contribution in [2.75, 3.05) is 32.7 Å². The summed E-state index contributed by atoms with van der Waals surface area (Å²) in [6.07, 6.45) is -0.425. The summed E-state index contributed by atoms with van der Waals surface area (Å²) in [6, 6.07) is 6.33. The van der Waals surface area contributed by atoms with Gasteiger partial charge >= 0.3 is 6.03 Å². The van der Waals surface area contributed by atoms with E-state index < -0.39 is 6.23 Å². The number of hydrogen-bond donors (Lipinski definition) is 2. The summed E-state index contributed by atoms with van der Waals surface area (Å²) in [5.41, 5.74) is 0. The van der Waals surface area contributed by atoms with Crippen LogP contribution in [0.5, 0.6) is 11.5 Å². The summed E-state index contributed by atoms with van der Waals surface area (Å²) in [4.78, 5) is 16.3. The van der Waals surface area contributed by atoms with Crippen molar-refractivity contribution in [3.8, 4) is 11.5 Å². The number of rotatable bonds is 4. The number of benzene rings is 1. The first kappa shape index (κ1) is 15.4. The number of piperazine rings is 1. The SMILES string of the molecule is CCN1CCN(C(=O)NC(C)Oc2ccc(O)cc2)CC1. The minimum Gasteiger partial charge on any atom is -0.508 e. The van der Waals surface area contributed by atoms with Gasteiger partial charge in [0.1, 0.15) is 11.5 Å². The zero-order chi connectivity index (χ0) is 15.2. The van der Waals surface area contributed by atoms with E-state index in [0.29, 0.717) is 5.75 Å². The molecule has 6 heteroatoms. The summed E-state index contributed by atoms with van der Waals surface area (Å²) >= 11 is 0. The smallest absolute Gasteiger partial charge is 0.320 e. The molecule has 0 bridgehead atoms. The molecule has 1 aromatic carbocycles. The van der Waals surface area contributed by atoms with Gasteiger partial charge in [-0.3, -0.25) is 0 Å². The van der Waals surface area contributed by atoms with Gasteiger partial charge in [0.25, 0.3) is 0 Å². The summed E-state index contributed by atoms with van der Waals surface area (Å²) < 4.78 is 5.59. The van der Waals surface area contributed by atoms with Crippen LogP contribution in [0.25, 0.3) is 0 Å². The first-order valence-corrected chi connectivity index (χ1v) is 7.32. The first-order chi connectivity index (χ1) is 10.1. The van der Waals surface area contributed by atoms with Gasteiger partial charge in [-0.15, -0.1) is 0 Å². The second-order valence-electron chi connectivity index (χ2n) is 5.12. The number of ether oxygens (including phenoxy) is 1. The van der Waals surface area contributed by atoms with Crippen molar-refractivity contribution in [2.24, 2.45) is 0 Å². The topological polar surface area (TPSA) is 65.0 Å². The number of carbonyl (C=O) groups excluding carboxylic acids is 1. The van der Waals surface area contributed by atoms with Crippen LogP contribution in [0.3, 0.4) is 0 Å². The number of nitrogens with one attached hydrogen (secondary N) is 1. The number of nitrogens with zero attached hydrogens (tertiary/aromatic N) is 2. The quantitative estimate of drug-likeness (QED) is 0.825. The van der Waals surface area contributed by atoms with E-state index in [1.807, 2.05) is 4.90 Å². The molecule has 116 valence electrons. The Morgan fingerprint density at radius 2 is 1.90 bits per heavy atom. The number of phenolic OH excluding ortho intramolecular Hbond substituents is 1. The van der Waals surface area contributed by atoms with Gasteiger partial charge in [0.15, 0.2) is 6.23 Å². The van der Waals surface area contributed by atoms with Crippen LogP contribution in [0.4, 0.5) is 4.79 Å². The van der Waals surface area contributed by atoms with Gasteiger partial charge in [-0.05, 0) is 37.7 Å². The summed E-state index contributed by atoms with van der Waals surface area (Å²) in [6.45, 7) is 8.25. The third kappa shape index (κ3) is 4.53. The molecule has 2 N–H and O–H groups in total. The third-order valence-electron chi connectivity index (χ3n) is 3.58. The Labute approximate surface area is 125 Å². The van der Waals surface area contributed by atoms with E-state index in [9.17, 15) is 9.90 Å². The maximum Gasteiger partial charge on any atom is 0.320 e. The van der Waals surface area contributed by atoms with Crippen LogP contribution < -0.4 is 10.1 Å². The molecular weight excluding hydrogens is 270 g/mol. The zero-order valence-corrected chi connectivity index (χ0v) is 12.6. The Morgan fingerprint density at radius 3 is 2.48 bits per heavy atom.